The molecule has 0 radical (unpaired) electrons. The van der Waals surface area contributed by atoms with E-state index >= 15 is 0 Å². The third kappa shape index (κ3) is 2.88. The molecule has 4 aliphatic carbocycles. The molecule has 0 spiro atoms. The summed E-state index contributed by atoms with van der Waals surface area (Å²) in [6, 6.07) is 22.0. The van der Waals surface area contributed by atoms with Gasteiger partial charge in [0.2, 0.25) is 0 Å². The van der Waals surface area contributed by atoms with Gasteiger partial charge in [0.05, 0.1) is 0 Å². The van der Waals surface area contributed by atoms with Crippen molar-refractivity contribution in [1.29, 1.82) is 0 Å². The van der Waals surface area contributed by atoms with Crippen LogP contribution in [0.4, 0.5) is 0 Å². The van der Waals surface area contributed by atoms with Crippen LogP contribution < -0.4 is 10.4 Å². The molecule has 0 atom stereocenters. The van der Waals surface area contributed by atoms with Crippen molar-refractivity contribution in [3.63, 3.8) is 0 Å². The summed E-state index contributed by atoms with van der Waals surface area (Å²) in [5, 5.41) is 2.80. The summed E-state index contributed by atoms with van der Waals surface area (Å²) in [6.45, 7) is 3.38. The van der Waals surface area contributed by atoms with Crippen molar-refractivity contribution in [2.24, 2.45) is 23.2 Å². The van der Waals surface area contributed by atoms with Crippen LogP contribution in [0, 0.1) is 23.2 Å². The fourth-order valence-electron chi connectivity index (χ4n) is 6.61. The minimum absolute atomic E-state index is 0.479. The Hall–Kier alpha value is -1.38. The first kappa shape index (κ1) is 16.8. The predicted octanol–water partition coefficient (Wildman–Crippen LogP) is 4.61. The van der Waals surface area contributed by atoms with Crippen LogP contribution in [-0.4, -0.2) is 14.9 Å². The Morgan fingerprint density at radius 1 is 0.769 bits per heavy atom. The Kier molecular flexibility index (Phi) is 4.09. The summed E-state index contributed by atoms with van der Waals surface area (Å²) >= 11 is 0. The van der Waals surface area contributed by atoms with Gasteiger partial charge in [0.25, 0.3) is 8.32 Å². The molecule has 4 aliphatic rings. The predicted molar refractivity (Wildman–Crippen MR) is 110 cm³/mol. The van der Waals surface area contributed by atoms with E-state index in [0.717, 1.165) is 24.4 Å². The Morgan fingerprint density at radius 2 is 1.19 bits per heavy atom. The Morgan fingerprint density at radius 3 is 1.62 bits per heavy atom. The van der Waals surface area contributed by atoms with Crippen molar-refractivity contribution in [3.05, 3.63) is 60.7 Å². The van der Waals surface area contributed by atoms with E-state index in [1.165, 1.54) is 48.9 Å². The smallest absolute Gasteiger partial charge is 0.252 e. The lowest BCUT2D eigenvalue weighted by Crippen LogP contribution is -2.60. The summed E-state index contributed by atoms with van der Waals surface area (Å²) in [4.78, 5) is 0. The molecular formula is C24H30OSi. The zero-order valence-electron chi connectivity index (χ0n) is 15.9. The van der Waals surface area contributed by atoms with Crippen LogP contribution in [-0.2, 0) is 4.43 Å². The summed E-state index contributed by atoms with van der Waals surface area (Å²) in [7, 11) is -2.15. The molecular weight excluding hydrogens is 332 g/mol. The van der Waals surface area contributed by atoms with Crippen molar-refractivity contribution in [3.8, 4) is 0 Å². The Labute approximate surface area is 158 Å². The third-order valence-corrected chi connectivity index (χ3v) is 11.1. The molecule has 0 aliphatic heterocycles. The molecule has 2 aromatic carbocycles. The van der Waals surface area contributed by atoms with Gasteiger partial charge in [-0.1, -0.05) is 60.7 Å². The topological polar surface area (TPSA) is 9.23 Å². The molecule has 1 nitrogen and oxygen atoms in total. The number of hydrogen-bond acceptors (Lipinski definition) is 1. The van der Waals surface area contributed by atoms with E-state index in [9.17, 15) is 0 Å². The molecule has 0 saturated heterocycles. The van der Waals surface area contributed by atoms with Crippen molar-refractivity contribution in [2.45, 2.75) is 45.1 Å². The SMILES string of the molecule is C[Si](OCC12CC3CC(CC(C3)C1)C2)(c1ccccc1)c1ccccc1. The summed E-state index contributed by atoms with van der Waals surface area (Å²) in [6.07, 6.45) is 8.79. The van der Waals surface area contributed by atoms with Crippen molar-refractivity contribution in [1.82, 2.24) is 0 Å². The van der Waals surface area contributed by atoms with E-state index in [2.05, 4.69) is 67.2 Å². The molecule has 0 N–H and O–H groups in total. The first-order valence-electron chi connectivity index (χ1n) is 10.4. The maximum atomic E-state index is 7.03. The first-order valence-corrected chi connectivity index (χ1v) is 12.8. The molecule has 0 heterocycles. The van der Waals surface area contributed by atoms with Gasteiger partial charge in [-0.2, -0.15) is 0 Å². The Bertz CT molecular complexity index is 680. The minimum atomic E-state index is -2.15. The average Bonchev–Trinajstić information content (AvgIpc) is 2.67. The van der Waals surface area contributed by atoms with Crippen molar-refractivity contribution < 1.29 is 4.43 Å². The first-order chi connectivity index (χ1) is 12.7. The second kappa shape index (κ2) is 6.35. The largest absolute Gasteiger partial charge is 0.408 e. The van der Waals surface area contributed by atoms with Gasteiger partial charge in [0.1, 0.15) is 0 Å². The number of rotatable bonds is 5. The molecule has 6 rings (SSSR count). The number of hydrogen-bond donors (Lipinski definition) is 0. The highest BCUT2D eigenvalue weighted by atomic mass is 28.4. The summed E-state index contributed by atoms with van der Waals surface area (Å²) in [5.41, 5.74) is 0.479. The third-order valence-electron chi connectivity index (χ3n) is 7.48. The van der Waals surface area contributed by atoms with Gasteiger partial charge in [0.15, 0.2) is 0 Å². The average molecular weight is 363 g/mol. The molecule has 136 valence electrons. The fourth-order valence-corrected chi connectivity index (χ4v) is 9.53. The van der Waals surface area contributed by atoms with Gasteiger partial charge in [-0.25, -0.2) is 0 Å². The van der Waals surface area contributed by atoms with Gasteiger partial charge in [-0.15, -0.1) is 0 Å². The Balaban J connectivity index is 1.44. The zero-order chi connectivity index (χ0) is 17.6. The summed E-state index contributed by atoms with van der Waals surface area (Å²) in [5.74, 6) is 2.98. The lowest BCUT2D eigenvalue weighted by Gasteiger charge is -2.57. The van der Waals surface area contributed by atoms with E-state index in [4.69, 9.17) is 4.43 Å². The van der Waals surface area contributed by atoms with Crippen LogP contribution in [0.3, 0.4) is 0 Å². The highest BCUT2D eigenvalue weighted by molar-refractivity contribution is 6.96. The van der Waals surface area contributed by atoms with E-state index in [1.807, 2.05) is 0 Å². The molecule has 4 bridgehead atoms. The van der Waals surface area contributed by atoms with Gasteiger partial charge >= 0.3 is 0 Å². The van der Waals surface area contributed by atoms with Gasteiger partial charge < -0.3 is 4.43 Å². The van der Waals surface area contributed by atoms with E-state index in [0.29, 0.717) is 5.41 Å². The lowest BCUT2D eigenvalue weighted by atomic mass is 9.50. The van der Waals surface area contributed by atoms with Crippen molar-refractivity contribution in [2.75, 3.05) is 6.61 Å². The molecule has 26 heavy (non-hydrogen) atoms. The normalized spacial score (nSPS) is 32.7. The quantitative estimate of drug-likeness (QED) is 0.706. The monoisotopic (exact) mass is 362 g/mol. The van der Waals surface area contributed by atoms with Gasteiger partial charge in [-0.3, -0.25) is 0 Å². The summed E-state index contributed by atoms with van der Waals surface area (Å²) < 4.78 is 7.03. The van der Waals surface area contributed by atoms with E-state index in [-0.39, 0.29) is 0 Å². The molecule has 0 amide bonds. The molecule has 0 aromatic heterocycles. The van der Waals surface area contributed by atoms with Crippen molar-refractivity contribution >= 4 is 18.7 Å². The molecule has 2 heteroatoms. The van der Waals surface area contributed by atoms with Crippen LogP contribution >= 0.6 is 0 Å². The standard InChI is InChI=1S/C24H30OSi/c1-26(22-8-4-2-5-9-22,23-10-6-3-7-11-23)25-18-24-15-19-12-20(16-24)14-21(13-19)17-24/h2-11,19-21H,12-18H2,1H3. The highest BCUT2D eigenvalue weighted by Crippen LogP contribution is 2.60. The number of benzene rings is 2. The maximum absolute atomic E-state index is 7.03. The molecule has 2 aromatic rings. The van der Waals surface area contributed by atoms with Crippen LogP contribution in [0.2, 0.25) is 6.55 Å². The van der Waals surface area contributed by atoms with Crippen LogP contribution in [0.5, 0.6) is 0 Å². The van der Waals surface area contributed by atoms with Crippen LogP contribution in [0.1, 0.15) is 38.5 Å². The molecule has 4 saturated carbocycles. The highest BCUT2D eigenvalue weighted by Gasteiger charge is 2.51. The second-order valence-electron chi connectivity index (χ2n) is 9.47. The second-order valence-corrected chi connectivity index (χ2v) is 13.0. The molecule has 4 fully saturated rings. The van der Waals surface area contributed by atoms with E-state index in [1.54, 1.807) is 0 Å². The zero-order valence-corrected chi connectivity index (χ0v) is 16.9. The lowest BCUT2D eigenvalue weighted by molar-refractivity contribution is -0.0755. The van der Waals surface area contributed by atoms with Crippen LogP contribution in [0.25, 0.3) is 0 Å². The van der Waals surface area contributed by atoms with Crippen LogP contribution in [0.15, 0.2) is 60.7 Å². The van der Waals surface area contributed by atoms with E-state index < -0.39 is 8.32 Å². The van der Waals surface area contributed by atoms with Gasteiger partial charge in [0, 0.05) is 6.61 Å². The fraction of sp³-hybridized carbons (Fsp3) is 0.500. The maximum Gasteiger partial charge on any atom is 0.252 e. The van der Waals surface area contributed by atoms with Gasteiger partial charge in [-0.05, 0) is 78.6 Å². The molecule has 0 unspecified atom stereocenters. The minimum Gasteiger partial charge on any atom is -0.408 e.